The fourth-order valence-corrected chi connectivity index (χ4v) is 4.31. The third-order valence-corrected chi connectivity index (χ3v) is 5.41. The van der Waals surface area contributed by atoms with Gasteiger partial charge in [0.2, 0.25) is 0 Å². The van der Waals surface area contributed by atoms with Gasteiger partial charge in [-0.25, -0.2) is 0 Å². The fraction of sp³-hybridized carbons (Fsp3) is 0.333. The van der Waals surface area contributed by atoms with Crippen LogP contribution in [0.15, 0.2) is 28.8 Å². The zero-order chi connectivity index (χ0) is 12.4. The summed E-state index contributed by atoms with van der Waals surface area (Å²) in [7, 11) is 0. The Morgan fingerprint density at radius 1 is 1.22 bits per heavy atom. The van der Waals surface area contributed by atoms with Crippen LogP contribution in [-0.4, -0.2) is 32.5 Å². The summed E-state index contributed by atoms with van der Waals surface area (Å²) in [4.78, 5) is 4.44. The van der Waals surface area contributed by atoms with Crippen LogP contribution in [0.4, 0.5) is 0 Å². The summed E-state index contributed by atoms with van der Waals surface area (Å²) in [5, 5.41) is 13.6. The minimum atomic E-state index is 0.234. The Bertz CT molecular complexity index is 521. The molecule has 18 heavy (non-hydrogen) atoms. The first-order valence-corrected chi connectivity index (χ1v) is 7.85. The van der Waals surface area contributed by atoms with Gasteiger partial charge in [0.05, 0.1) is 5.25 Å². The summed E-state index contributed by atoms with van der Waals surface area (Å²) >= 11 is 3.81. The van der Waals surface area contributed by atoms with Crippen LogP contribution >= 0.6 is 23.5 Å². The molecule has 3 rings (SSSR count). The van der Waals surface area contributed by atoms with Crippen molar-refractivity contribution in [1.82, 2.24) is 10.1 Å². The molecule has 1 unspecified atom stereocenters. The molecule has 1 aliphatic rings. The molecule has 1 N–H and O–H groups in total. The third kappa shape index (κ3) is 2.49. The van der Waals surface area contributed by atoms with Gasteiger partial charge in [-0.3, -0.25) is 0 Å². The highest BCUT2D eigenvalue weighted by atomic mass is 32.2. The van der Waals surface area contributed by atoms with Gasteiger partial charge in [-0.1, -0.05) is 5.16 Å². The summed E-state index contributed by atoms with van der Waals surface area (Å²) in [6.07, 6.45) is 0. The van der Waals surface area contributed by atoms with Crippen molar-refractivity contribution in [2.45, 2.75) is 5.25 Å². The molecule has 1 aliphatic heterocycles. The Balaban J connectivity index is 1.82. The molecule has 2 heterocycles. The number of nitrogens with zero attached hydrogens (tertiary/aromatic N) is 2. The third-order valence-electron chi connectivity index (χ3n) is 2.66. The van der Waals surface area contributed by atoms with E-state index in [1.54, 1.807) is 24.3 Å². The highest BCUT2D eigenvalue weighted by Gasteiger charge is 2.22. The molecule has 0 aliphatic carbocycles. The molecular weight excluding hydrogens is 268 g/mol. The predicted octanol–water partition coefficient (Wildman–Crippen LogP) is 2.96. The van der Waals surface area contributed by atoms with E-state index in [4.69, 9.17) is 4.52 Å². The quantitative estimate of drug-likeness (QED) is 0.912. The molecule has 6 heteroatoms. The molecular formula is C12H12N2O2S2. The van der Waals surface area contributed by atoms with Crippen LogP contribution in [-0.2, 0) is 0 Å². The number of hydrogen-bond donors (Lipinski definition) is 1. The normalized spacial score (nSPS) is 19.9. The van der Waals surface area contributed by atoms with E-state index in [1.807, 2.05) is 23.5 Å². The van der Waals surface area contributed by atoms with E-state index in [9.17, 15) is 5.11 Å². The molecule has 2 aromatic rings. The lowest BCUT2D eigenvalue weighted by Crippen LogP contribution is -2.07. The highest BCUT2D eigenvalue weighted by molar-refractivity contribution is 8.06. The number of aromatic nitrogens is 2. The molecule has 1 aromatic carbocycles. The zero-order valence-electron chi connectivity index (χ0n) is 9.57. The van der Waals surface area contributed by atoms with Gasteiger partial charge in [0, 0.05) is 22.8 Å². The summed E-state index contributed by atoms with van der Waals surface area (Å²) in [6.45, 7) is 0. The van der Waals surface area contributed by atoms with Crippen LogP contribution < -0.4 is 0 Å². The Labute approximate surface area is 113 Å². The van der Waals surface area contributed by atoms with Crippen molar-refractivity contribution in [2.75, 3.05) is 17.3 Å². The van der Waals surface area contributed by atoms with Crippen LogP contribution in [0.5, 0.6) is 5.75 Å². The Morgan fingerprint density at radius 2 is 2.06 bits per heavy atom. The van der Waals surface area contributed by atoms with E-state index in [-0.39, 0.29) is 5.75 Å². The van der Waals surface area contributed by atoms with Gasteiger partial charge in [-0.2, -0.15) is 16.7 Å². The van der Waals surface area contributed by atoms with E-state index in [1.165, 1.54) is 5.75 Å². The average Bonchev–Trinajstić information content (AvgIpc) is 2.90. The minimum absolute atomic E-state index is 0.234. The zero-order valence-corrected chi connectivity index (χ0v) is 11.2. The first kappa shape index (κ1) is 11.9. The first-order valence-electron chi connectivity index (χ1n) is 5.65. The van der Waals surface area contributed by atoms with E-state index >= 15 is 0 Å². The van der Waals surface area contributed by atoms with Crippen molar-refractivity contribution in [1.29, 1.82) is 0 Å². The van der Waals surface area contributed by atoms with Gasteiger partial charge in [-0.15, -0.1) is 11.8 Å². The fourth-order valence-electron chi connectivity index (χ4n) is 1.72. The second-order valence-electron chi connectivity index (χ2n) is 3.94. The minimum Gasteiger partial charge on any atom is -0.508 e. The van der Waals surface area contributed by atoms with Gasteiger partial charge >= 0.3 is 0 Å². The summed E-state index contributed by atoms with van der Waals surface area (Å²) < 4.78 is 5.28. The van der Waals surface area contributed by atoms with Crippen molar-refractivity contribution in [2.24, 2.45) is 0 Å². The maximum Gasteiger partial charge on any atom is 0.257 e. The monoisotopic (exact) mass is 280 g/mol. The van der Waals surface area contributed by atoms with Gasteiger partial charge in [0.1, 0.15) is 5.75 Å². The van der Waals surface area contributed by atoms with E-state index < -0.39 is 0 Å². The van der Waals surface area contributed by atoms with Crippen LogP contribution in [0, 0.1) is 0 Å². The maximum atomic E-state index is 9.24. The SMILES string of the molecule is Oc1ccc(-c2nc(C3CSCCS3)no2)cc1. The van der Waals surface area contributed by atoms with E-state index in [0.717, 1.165) is 22.9 Å². The molecule has 1 fully saturated rings. The van der Waals surface area contributed by atoms with Crippen molar-refractivity contribution in [3.8, 4) is 17.2 Å². The van der Waals surface area contributed by atoms with Crippen molar-refractivity contribution in [3.05, 3.63) is 30.1 Å². The lowest BCUT2D eigenvalue weighted by molar-refractivity contribution is 0.423. The molecule has 1 aromatic heterocycles. The number of aromatic hydroxyl groups is 1. The van der Waals surface area contributed by atoms with E-state index in [0.29, 0.717) is 11.1 Å². The number of phenolic OH excluding ortho intramolecular Hbond substituents is 1. The Hall–Kier alpha value is -1.14. The van der Waals surface area contributed by atoms with Gasteiger partial charge in [0.25, 0.3) is 5.89 Å². The maximum absolute atomic E-state index is 9.24. The number of benzene rings is 1. The Kier molecular flexibility index (Phi) is 3.47. The van der Waals surface area contributed by atoms with Crippen LogP contribution in [0.1, 0.15) is 11.1 Å². The van der Waals surface area contributed by atoms with E-state index in [2.05, 4.69) is 10.1 Å². The molecule has 0 radical (unpaired) electrons. The summed E-state index contributed by atoms with van der Waals surface area (Å²) in [6, 6.07) is 6.78. The molecule has 4 nitrogen and oxygen atoms in total. The lowest BCUT2D eigenvalue weighted by atomic mass is 10.2. The molecule has 94 valence electrons. The second-order valence-corrected chi connectivity index (χ2v) is 6.40. The standard InChI is InChI=1S/C12H12N2O2S2/c15-9-3-1-8(2-4-9)12-13-11(14-16-12)10-7-17-5-6-18-10/h1-4,10,15H,5-7H2. The van der Waals surface area contributed by atoms with Gasteiger partial charge in [0.15, 0.2) is 5.82 Å². The lowest BCUT2D eigenvalue weighted by Gasteiger charge is -2.16. The molecule has 1 saturated heterocycles. The van der Waals surface area contributed by atoms with Crippen molar-refractivity contribution < 1.29 is 9.63 Å². The molecule has 0 amide bonds. The number of rotatable bonds is 2. The molecule has 0 saturated carbocycles. The molecule has 0 bridgehead atoms. The Morgan fingerprint density at radius 3 is 2.78 bits per heavy atom. The second kappa shape index (κ2) is 5.24. The summed E-state index contributed by atoms with van der Waals surface area (Å²) in [5.74, 6) is 4.90. The first-order chi connectivity index (χ1) is 8.83. The number of phenols is 1. The average molecular weight is 280 g/mol. The highest BCUT2D eigenvalue weighted by Crippen LogP contribution is 2.35. The predicted molar refractivity (Wildman–Crippen MR) is 73.9 cm³/mol. The number of thioether (sulfide) groups is 2. The van der Waals surface area contributed by atoms with Gasteiger partial charge in [-0.05, 0) is 24.3 Å². The van der Waals surface area contributed by atoms with Crippen LogP contribution in [0.3, 0.4) is 0 Å². The smallest absolute Gasteiger partial charge is 0.257 e. The number of hydrogen-bond acceptors (Lipinski definition) is 6. The van der Waals surface area contributed by atoms with Crippen molar-refractivity contribution in [3.63, 3.8) is 0 Å². The van der Waals surface area contributed by atoms with Crippen LogP contribution in [0.2, 0.25) is 0 Å². The largest absolute Gasteiger partial charge is 0.508 e. The summed E-state index contributed by atoms with van der Waals surface area (Å²) in [5.41, 5.74) is 0.833. The molecule has 0 spiro atoms. The van der Waals surface area contributed by atoms with Crippen molar-refractivity contribution >= 4 is 23.5 Å². The topological polar surface area (TPSA) is 59.2 Å². The molecule has 1 atom stereocenters. The van der Waals surface area contributed by atoms with Crippen LogP contribution in [0.25, 0.3) is 11.5 Å². The van der Waals surface area contributed by atoms with Gasteiger partial charge < -0.3 is 9.63 Å².